The minimum Gasteiger partial charge on any atom is -0.493 e. The summed E-state index contributed by atoms with van der Waals surface area (Å²) < 4.78 is 36.1. The fraction of sp³-hybridized carbons (Fsp3) is 0.600. The number of alkyl halides is 2. The van der Waals surface area contributed by atoms with E-state index in [0.29, 0.717) is 57.6 Å². The number of ether oxygens (including phenoxy) is 2. The molecule has 2 atom stereocenters. The number of allylic oxidation sites excluding steroid dienone is 4. The molecule has 0 spiro atoms. The van der Waals surface area contributed by atoms with Gasteiger partial charge in [-0.05, 0) is 73.4 Å². The van der Waals surface area contributed by atoms with Gasteiger partial charge in [-0.1, -0.05) is 78.8 Å². The number of fused-ring (bicyclic) bond motifs is 1. The maximum Gasteiger partial charge on any atom is 0.157 e. The Morgan fingerprint density at radius 2 is 1.88 bits per heavy atom. The zero-order valence-corrected chi connectivity index (χ0v) is 26.3. The Morgan fingerprint density at radius 1 is 1.15 bits per heavy atom. The Balaban J connectivity index is 0.000000493. The molecule has 1 fully saturated rings. The zero-order chi connectivity index (χ0) is 30.3. The summed E-state index contributed by atoms with van der Waals surface area (Å²) in [5.41, 5.74) is 3.90. The average Bonchev–Trinajstić information content (AvgIpc) is 3.29. The minimum absolute atomic E-state index is 0.183. The molecule has 0 aliphatic carbocycles. The van der Waals surface area contributed by atoms with E-state index in [1.165, 1.54) is 22.2 Å². The number of benzene rings is 1. The maximum absolute atomic E-state index is 13.2. The largest absolute Gasteiger partial charge is 0.493 e. The highest BCUT2D eigenvalue weighted by atomic mass is 19.1. The van der Waals surface area contributed by atoms with Crippen molar-refractivity contribution >= 4 is 10.9 Å². The summed E-state index contributed by atoms with van der Waals surface area (Å²) in [6, 6.07) is 8.53. The SMILES string of the molecule is C=C(/C=C\C(=C/CC)OCCNCCCF)C(C)c1[nH]c2ccccc2c1CC(C)C.CCC(C)CC1(F)COC1. The molecule has 1 aromatic carbocycles. The molecule has 2 N–H and O–H groups in total. The Hall–Kier alpha value is -2.44. The number of hydrogen-bond donors (Lipinski definition) is 2. The summed E-state index contributed by atoms with van der Waals surface area (Å²) in [5.74, 6) is 2.11. The quantitative estimate of drug-likeness (QED) is 0.113. The van der Waals surface area contributed by atoms with Crippen molar-refractivity contribution in [2.24, 2.45) is 11.8 Å². The molecule has 1 saturated heterocycles. The van der Waals surface area contributed by atoms with Gasteiger partial charge in [-0.2, -0.15) is 0 Å². The Labute approximate surface area is 247 Å². The third-order valence-corrected chi connectivity index (χ3v) is 7.48. The second kappa shape index (κ2) is 18.2. The topological polar surface area (TPSA) is 46.3 Å². The van der Waals surface area contributed by atoms with Gasteiger partial charge in [0.2, 0.25) is 0 Å². The summed E-state index contributed by atoms with van der Waals surface area (Å²) in [4.78, 5) is 3.65. The Kier molecular flexibility index (Phi) is 15.4. The first kappa shape index (κ1) is 34.8. The number of H-pyrrole nitrogens is 1. The van der Waals surface area contributed by atoms with Gasteiger partial charge in [-0.25, -0.2) is 4.39 Å². The zero-order valence-electron chi connectivity index (χ0n) is 26.3. The lowest BCUT2D eigenvalue weighted by atomic mass is 9.90. The highest BCUT2D eigenvalue weighted by molar-refractivity contribution is 5.85. The summed E-state index contributed by atoms with van der Waals surface area (Å²) in [6.45, 7) is 19.6. The molecular formula is C35H54F2N2O2. The molecule has 0 amide bonds. The molecule has 0 radical (unpaired) electrons. The molecule has 2 aromatic rings. The van der Waals surface area contributed by atoms with Crippen molar-refractivity contribution in [3.05, 3.63) is 71.7 Å². The molecule has 4 nitrogen and oxygen atoms in total. The van der Waals surface area contributed by atoms with Crippen LogP contribution in [-0.2, 0) is 15.9 Å². The van der Waals surface area contributed by atoms with Crippen LogP contribution in [0.5, 0.6) is 0 Å². The molecule has 1 aliphatic rings. The van der Waals surface area contributed by atoms with Gasteiger partial charge >= 0.3 is 0 Å². The van der Waals surface area contributed by atoms with E-state index in [-0.39, 0.29) is 12.6 Å². The molecular weight excluding hydrogens is 518 g/mol. The van der Waals surface area contributed by atoms with Gasteiger partial charge in [0.15, 0.2) is 5.67 Å². The fourth-order valence-corrected chi connectivity index (χ4v) is 4.88. The van der Waals surface area contributed by atoms with Gasteiger partial charge in [0.1, 0.15) is 12.4 Å². The second-order valence-electron chi connectivity index (χ2n) is 11.8. The summed E-state index contributed by atoms with van der Waals surface area (Å²) in [6.07, 6.45) is 10.4. The monoisotopic (exact) mass is 572 g/mol. The molecule has 6 heteroatoms. The predicted octanol–water partition coefficient (Wildman–Crippen LogP) is 9.00. The van der Waals surface area contributed by atoms with Crippen molar-refractivity contribution in [3.63, 3.8) is 0 Å². The van der Waals surface area contributed by atoms with Crippen LogP contribution in [0.2, 0.25) is 0 Å². The number of rotatable bonds is 17. The first-order valence-electron chi connectivity index (χ1n) is 15.5. The van der Waals surface area contributed by atoms with Crippen molar-refractivity contribution in [3.8, 4) is 0 Å². The van der Waals surface area contributed by atoms with Gasteiger partial charge < -0.3 is 19.8 Å². The van der Waals surface area contributed by atoms with E-state index in [1.54, 1.807) is 0 Å². The van der Waals surface area contributed by atoms with Crippen LogP contribution in [0.25, 0.3) is 10.9 Å². The van der Waals surface area contributed by atoms with Crippen molar-refractivity contribution in [2.45, 2.75) is 85.2 Å². The van der Waals surface area contributed by atoms with E-state index in [9.17, 15) is 8.78 Å². The maximum atomic E-state index is 13.2. The summed E-state index contributed by atoms with van der Waals surface area (Å²) in [5, 5.41) is 4.49. The van der Waals surface area contributed by atoms with Crippen molar-refractivity contribution < 1.29 is 18.3 Å². The van der Waals surface area contributed by atoms with Gasteiger partial charge in [0, 0.05) is 29.1 Å². The summed E-state index contributed by atoms with van der Waals surface area (Å²) >= 11 is 0. The van der Waals surface area contributed by atoms with E-state index >= 15 is 0 Å². The van der Waals surface area contributed by atoms with Gasteiger partial charge in [0.05, 0.1) is 19.9 Å². The van der Waals surface area contributed by atoms with E-state index in [0.717, 1.165) is 30.6 Å². The van der Waals surface area contributed by atoms with E-state index in [2.05, 4.69) is 94.8 Å². The number of nitrogens with one attached hydrogen (secondary N) is 2. The van der Waals surface area contributed by atoms with Crippen molar-refractivity contribution in [1.29, 1.82) is 0 Å². The van der Waals surface area contributed by atoms with Crippen LogP contribution in [0, 0.1) is 11.8 Å². The predicted molar refractivity (Wildman–Crippen MR) is 170 cm³/mol. The molecule has 1 aliphatic heterocycles. The third-order valence-electron chi connectivity index (χ3n) is 7.48. The average molecular weight is 573 g/mol. The highest BCUT2D eigenvalue weighted by Gasteiger charge is 2.39. The van der Waals surface area contributed by atoms with Crippen LogP contribution >= 0.6 is 0 Å². The third kappa shape index (κ3) is 11.8. The number of aromatic amines is 1. The van der Waals surface area contributed by atoms with Crippen LogP contribution in [0.15, 0.2) is 60.4 Å². The normalized spacial score (nSPS) is 16.4. The lowest BCUT2D eigenvalue weighted by molar-refractivity contribution is -0.139. The first-order chi connectivity index (χ1) is 19.6. The summed E-state index contributed by atoms with van der Waals surface area (Å²) in [7, 11) is 0. The standard InChI is InChI=1S/C27H39FN2O.C8H15FO/c1-6-10-23(31-18-17-29-16-9-15-28)14-13-21(4)22(5)27-25(19-20(2)3)24-11-7-8-12-26(24)30-27;1-3-7(2)4-8(9)5-10-6-8/h7-8,10-14,20,22,29-30H,4,6,9,15-19H2,1-3,5H3;7H,3-6H2,1-2H3/b14-13-,23-10+;. The van der Waals surface area contributed by atoms with Crippen LogP contribution in [0.1, 0.15) is 84.4 Å². The lowest BCUT2D eigenvalue weighted by Crippen LogP contribution is -2.46. The van der Waals surface area contributed by atoms with Crippen molar-refractivity contribution in [1.82, 2.24) is 10.3 Å². The molecule has 41 heavy (non-hydrogen) atoms. The molecule has 2 unspecified atom stereocenters. The first-order valence-corrected chi connectivity index (χ1v) is 15.5. The molecule has 0 saturated carbocycles. The van der Waals surface area contributed by atoms with Crippen molar-refractivity contribution in [2.75, 3.05) is 39.6 Å². The Bertz CT molecular complexity index is 1100. The van der Waals surface area contributed by atoms with Gasteiger partial charge in [0.25, 0.3) is 0 Å². The van der Waals surface area contributed by atoms with E-state index < -0.39 is 5.67 Å². The molecule has 3 rings (SSSR count). The molecule has 230 valence electrons. The van der Waals surface area contributed by atoms with E-state index in [4.69, 9.17) is 9.47 Å². The van der Waals surface area contributed by atoms with Crippen LogP contribution in [0.3, 0.4) is 0 Å². The van der Waals surface area contributed by atoms with Gasteiger partial charge in [-0.3, -0.25) is 4.39 Å². The number of para-hydroxylation sites is 1. The smallest absolute Gasteiger partial charge is 0.157 e. The molecule has 0 bridgehead atoms. The second-order valence-corrected chi connectivity index (χ2v) is 11.8. The highest BCUT2D eigenvalue weighted by Crippen LogP contribution is 2.33. The minimum atomic E-state index is -0.977. The number of hydrogen-bond acceptors (Lipinski definition) is 3. The van der Waals surface area contributed by atoms with Crippen LogP contribution < -0.4 is 5.32 Å². The number of aromatic nitrogens is 1. The van der Waals surface area contributed by atoms with Crippen LogP contribution in [0.4, 0.5) is 8.78 Å². The molecule has 2 heterocycles. The molecule has 1 aromatic heterocycles. The Morgan fingerprint density at radius 3 is 2.49 bits per heavy atom. The lowest BCUT2D eigenvalue weighted by Gasteiger charge is -2.35. The van der Waals surface area contributed by atoms with E-state index in [1.807, 2.05) is 6.08 Å². The number of halogens is 2. The fourth-order valence-electron chi connectivity index (χ4n) is 4.88. The van der Waals surface area contributed by atoms with Crippen LogP contribution in [-0.4, -0.2) is 50.2 Å². The van der Waals surface area contributed by atoms with Gasteiger partial charge in [-0.15, -0.1) is 0 Å².